The van der Waals surface area contributed by atoms with Crippen LogP contribution in [0.5, 0.6) is 0 Å². The maximum Gasteiger partial charge on any atom is 0.335 e. The molecule has 0 aliphatic carbocycles. The molecule has 2 aliphatic heterocycles. The summed E-state index contributed by atoms with van der Waals surface area (Å²) in [6.45, 7) is 3.71. The van der Waals surface area contributed by atoms with Crippen LogP contribution in [-0.4, -0.2) is 48.1 Å². The van der Waals surface area contributed by atoms with Gasteiger partial charge in [-0.1, -0.05) is 12.5 Å². The molecule has 0 bridgehead atoms. The predicted octanol–water partition coefficient (Wildman–Crippen LogP) is 1.76. The van der Waals surface area contributed by atoms with E-state index in [4.69, 9.17) is 5.11 Å². The lowest BCUT2D eigenvalue weighted by atomic mass is 10.1. The number of likely N-dealkylation sites (tertiary alicyclic amines) is 1. The zero-order chi connectivity index (χ0) is 14.8. The van der Waals surface area contributed by atoms with Crippen molar-refractivity contribution in [1.82, 2.24) is 4.90 Å². The molecule has 3 rings (SSSR count). The van der Waals surface area contributed by atoms with Gasteiger partial charge < -0.3 is 14.9 Å². The van der Waals surface area contributed by atoms with Crippen molar-refractivity contribution < 1.29 is 14.7 Å². The summed E-state index contributed by atoms with van der Waals surface area (Å²) in [5.41, 5.74) is 1.95. The summed E-state index contributed by atoms with van der Waals surface area (Å²) in [6.07, 6.45) is 4.14. The third-order valence-corrected chi connectivity index (χ3v) is 4.35. The average Bonchev–Trinajstić information content (AvgIpc) is 2.80. The minimum absolute atomic E-state index is 0.0737. The zero-order valence-corrected chi connectivity index (χ0v) is 12.0. The molecule has 0 unspecified atom stereocenters. The molecule has 0 radical (unpaired) electrons. The first-order chi connectivity index (χ1) is 10.1. The summed E-state index contributed by atoms with van der Waals surface area (Å²) in [7, 11) is 0. The predicted molar refractivity (Wildman–Crippen MR) is 79.7 cm³/mol. The van der Waals surface area contributed by atoms with Crippen molar-refractivity contribution in [1.29, 1.82) is 0 Å². The van der Waals surface area contributed by atoms with Crippen LogP contribution in [0, 0.1) is 0 Å². The van der Waals surface area contributed by atoms with Gasteiger partial charge in [-0.15, -0.1) is 0 Å². The Balaban J connectivity index is 1.72. The van der Waals surface area contributed by atoms with Crippen LogP contribution in [0.4, 0.5) is 5.69 Å². The summed E-state index contributed by atoms with van der Waals surface area (Å²) < 4.78 is 0. The number of amides is 1. The fourth-order valence-corrected chi connectivity index (χ4v) is 3.16. The van der Waals surface area contributed by atoms with Crippen LogP contribution in [0.1, 0.15) is 35.2 Å². The van der Waals surface area contributed by atoms with E-state index in [2.05, 4.69) is 4.90 Å². The highest BCUT2D eigenvalue weighted by Crippen LogP contribution is 2.29. The molecule has 5 nitrogen and oxygen atoms in total. The van der Waals surface area contributed by atoms with E-state index in [-0.39, 0.29) is 11.5 Å². The monoisotopic (exact) mass is 288 g/mol. The number of carbonyl (C=O) groups excluding carboxylic acids is 1. The fraction of sp³-hybridized carbons (Fsp3) is 0.500. The van der Waals surface area contributed by atoms with Gasteiger partial charge >= 0.3 is 5.97 Å². The summed E-state index contributed by atoms with van der Waals surface area (Å²) in [5.74, 6) is -0.877. The fourth-order valence-electron chi connectivity index (χ4n) is 3.16. The lowest BCUT2D eigenvalue weighted by Crippen LogP contribution is -2.39. The van der Waals surface area contributed by atoms with Gasteiger partial charge in [0, 0.05) is 18.8 Å². The van der Waals surface area contributed by atoms with Crippen LogP contribution in [0.15, 0.2) is 18.2 Å². The number of carbonyl (C=O) groups is 2. The van der Waals surface area contributed by atoms with Crippen LogP contribution in [0.25, 0.3) is 0 Å². The highest BCUT2D eigenvalue weighted by atomic mass is 16.4. The van der Waals surface area contributed by atoms with Gasteiger partial charge in [-0.25, -0.2) is 4.79 Å². The van der Waals surface area contributed by atoms with Crippen LogP contribution in [-0.2, 0) is 11.2 Å². The minimum Gasteiger partial charge on any atom is -0.478 e. The molecule has 21 heavy (non-hydrogen) atoms. The van der Waals surface area contributed by atoms with Gasteiger partial charge in [0.1, 0.15) is 0 Å². The third-order valence-electron chi connectivity index (χ3n) is 4.35. The SMILES string of the molecule is O=C(O)c1ccc2c(c1)N(CCN1CCCCC1)C(=O)C2. The molecule has 1 aromatic carbocycles. The maximum absolute atomic E-state index is 12.1. The van der Waals surface area contributed by atoms with Gasteiger partial charge in [0.25, 0.3) is 0 Å². The molecule has 5 heteroatoms. The van der Waals surface area contributed by atoms with E-state index in [1.807, 2.05) is 0 Å². The van der Waals surface area contributed by atoms with Crippen molar-refractivity contribution in [2.24, 2.45) is 0 Å². The molecule has 1 aromatic rings. The molecule has 1 fully saturated rings. The Bertz CT molecular complexity index is 565. The number of nitrogens with zero attached hydrogens (tertiary/aromatic N) is 2. The van der Waals surface area contributed by atoms with Crippen LogP contribution in [0.2, 0.25) is 0 Å². The Morgan fingerprint density at radius 1 is 1.14 bits per heavy atom. The van der Waals surface area contributed by atoms with Gasteiger partial charge in [0.15, 0.2) is 0 Å². The van der Waals surface area contributed by atoms with Crippen molar-refractivity contribution in [3.05, 3.63) is 29.3 Å². The first kappa shape index (κ1) is 14.1. The van der Waals surface area contributed by atoms with Gasteiger partial charge in [-0.05, 0) is 43.6 Å². The molecule has 2 heterocycles. The van der Waals surface area contributed by atoms with E-state index in [1.165, 1.54) is 19.3 Å². The normalized spacial score (nSPS) is 18.9. The van der Waals surface area contributed by atoms with E-state index < -0.39 is 5.97 Å². The van der Waals surface area contributed by atoms with Gasteiger partial charge in [0.05, 0.1) is 12.0 Å². The standard InChI is InChI=1S/C16H20N2O3/c19-15-11-12-4-5-13(16(20)21)10-14(12)18(15)9-8-17-6-2-1-3-7-17/h4-5,10H,1-3,6-9,11H2,(H,20,21). The van der Waals surface area contributed by atoms with Gasteiger partial charge in [0.2, 0.25) is 5.91 Å². The lowest BCUT2D eigenvalue weighted by Gasteiger charge is -2.28. The Morgan fingerprint density at radius 2 is 1.90 bits per heavy atom. The molecule has 1 saturated heterocycles. The Morgan fingerprint density at radius 3 is 2.62 bits per heavy atom. The number of anilines is 1. The molecule has 0 spiro atoms. The number of fused-ring (bicyclic) bond motifs is 1. The second-order valence-corrected chi connectivity index (χ2v) is 5.77. The Labute approximate surface area is 124 Å². The van der Waals surface area contributed by atoms with E-state index in [9.17, 15) is 9.59 Å². The number of rotatable bonds is 4. The number of aromatic carboxylic acids is 1. The van der Waals surface area contributed by atoms with Crippen molar-refractivity contribution in [2.45, 2.75) is 25.7 Å². The number of piperidine rings is 1. The molecular weight excluding hydrogens is 268 g/mol. The largest absolute Gasteiger partial charge is 0.478 e. The lowest BCUT2D eigenvalue weighted by molar-refractivity contribution is -0.117. The maximum atomic E-state index is 12.1. The number of hydrogen-bond acceptors (Lipinski definition) is 3. The van der Waals surface area contributed by atoms with E-state index >= 15 is 0 Å². The highest BCUT2D eigenvalue weighted by molar-refractivity contribution is 6.03. The number of carboxylic acid groups (broad SMARTS) is 1. The highest BCUT2D eigenvalue weighted by Gasteiger charge is 2.28. The Kier molecular flexibility index (Phi) is 3.92. The number of hydrogen-bond donors (Lipinski definition) is 1. The van der Waals surface area contributed by atoms with Crippen LogP contribution >= 0.6 is 0 Å². The van der Waals surface area contributed by atoms with E-state index in [0.29, 0.717) is 13.0 Å². The molecule has 1 amide bonds. The molecule has 1 N–H and O–H groups in total. The van der Waals surface area contributed by atoms with Crippen molar-refractivity contribution in [2.75, 3.05) is 31.1 Å². The van der Waals surface area contributed by atoms with Crippen molar-refractivity contribution >= 4 is 17.6 Å². The molecular formula is C16H20N2O3. The zero-order valence-electron chi connectivity index (χ0n) is 12.0. The quantitative estimate of drug-likeness (QED) is 0.917. The summed E-state index contributed by atoms with van der Waals surface area (Å²) in [6, 6.07) is 4.96. The third kappa shape index (κ3) is 2.93. The van der Waals surface area contributed by atoms with Crippen molar-refractivity contribution in [3.8, 4) is 0 Å². The Hall–Kier alpha value is -1.88. The number of carboxylic acids is 1. The smallest absolute Gasteiger partial charge is 0.335 e. The summed E-state index contributed by atoms with van der Waals surface area (Å²) >= 11 is 0. The van der Waals surface area contributed by atoms with Gasteiger partial charge in [-0.2, -0.15) is 0 Å². The molecule has 0 aromatic heterocycles. The number of benzene rings is 1. The minimum atomic E-state index is -0.951. The topological polar surface area (TPSA) is 60.9 Å². The molecule has 0 atom stereocenters. The van der Waals surface area contributed by atoms with E-state index in [1.54, 1.807) is 23.1 Å². The average molecular weight is 288 g/mol. The van der Waals surface area contributed by atoms with Crippen LogP contribution in [0.3, 0.4) is 0 Å². The van der Waals surface area contributed by atoms with Crippen LogP contribution < -0.4 is 4.90 Å². The van der Waals surface area contributed by atoms with E-state index in [0.717, 1.165) is 30.9 Å². The first-order valence-electron chi connectivity index (χ1n) is 7.54. The second-order valence-electron chi connectivity index (χ2n) is 5.77. The second kappa shape index (κ2) is 5.85. The summed E-state index contributed by atoms with van der Waals surface area (Å²) in [4.78, 5) is 27.4. The van der Waals surface area contributed by atoms with Crippen molar-refractivity contribution in [3.63, 3.8) is 0 Å². The molecule has 112 valence electrons. The van der Waals surface area contributed by atoms with Gasteiger partial charge in [-0.3, -0.25) is 4.79 Å². The summed E-state index contributed by atoms with van der Waals surface area (Å²) in [5, 5.41) is 9.09. The molecule has 2 aliphatic rings. The first-order valence-corrected chi connectivity index (χ1v) is 7.54. The molecule has 0 saturated carbocycles.